The Morgan fingerprint density at radius 3 is 2.72 bits per heavy atom. The van der Waals surface area contributed by atoms with Crippen molar-refractivity contribution in [1.82, 2.24) is 4.90 Å². The number of esters is 1. The number of benzene rings is 2. The minimum atomic E-state index is -1.05. The van der Waals surface area contributed by atoms with Gasteiger partial charge in [-0.15, -0.1) is 0 Å². The van der Waals surface area contributed by atoms with E-state index in [2.05, 4.69) is 20.9 Å². The quantitative estimate of drug-likeness (QED) is 0.429. The fourth-order valence-corrected chi connectivity index (χ4v) is 4.18. The van der Waals surface area contributed by atoms with Gasteiger partial charge in [0.1, 0.15) is 5.75 Å². The molecule has 0 spiro atoms. The van der Waals surface area contributed by atoms with Crippen LogP contribution >= 0.6 is 27.7 Å². The molecule has 0 bridgehead atoms. The Morgan fingerprint density at radius 2 is 2.03 bits per heavy atom. The fourth-order valence-electron chi connectivity index (χ4n) is 2.69. The number of hydrogen-bond donors (Lipinski definition) is 1. The summed E-state index contributed by atoms with van der Waals surface area (Å²) in [6.45, 7) is 1.81. The van der Waals surface area contributed by atoms with Gasteiger partial charge in [-0.2, -0.15) is 0 Å². The first-order chi connectivity index (χ1) is 15.3. The van der Waals surface area contributed by atoms with Crippen molar-refractivity contribution in [3.8, 4) is 5.75 Å². The first-order valence-corrected chi connectivity index (χ1v) is 11.1. The molecule has 32 heavy (non-hydrogen) atoms. The monoisotopic (exact) mass is 518 g/mol. The highest BCUT2D eigenvalue weighted by molar-refractivity contribution is 9.10. The molecule has 1 fully saturated rings. The molecule has 1 saturated heterocycles. The normalized spacial score (nSPS) is 16.0. The SMILES string of the molecule is CCOC(=O)COc1ccc(/C=C2/SC(=Nc3cccc(C(=O)O)c3)N(C)C2=O)cc1Br. The summed E-state index contributed by atoms with van der Waals surface area (Å²) in [7, 11) is 1.61. The van der Waals surface area contributed by atoms with E-state index in [-0.39, 0.29) is 24.7 Å². The van der Waals surface area contributed by atoms with E-state index in [1.54, 1.807) is 50.4 Å². The number of likely N-dealkylation sites (N-methyl/N-ethyl adjacent to an activating group) is 1. The number of rotatable bonds is 7. The lowest BCUT2D eigenvalue weighted by molar-refractivity contribution is -0.145. The number of ether oxygens (including phenoxy) is 2. The van der Waals surface area contributed by atoms with Crippen molar-refractivity contribution in [1.29, 1.82) is 0 Å². The second-order valence-electron chi connectivity index (χ2n) is 6.51. The summed E-state index contributed by atoms with van der Waals surface area (Å²) < 4.78 is 10.9. The maximum absolute atomic E-state index is 12.7. The number of aromatic carboxylic acids is 1. The molecule has 1 heterocycles. The number of amidine groups is 1. The van der Waals surface area contributed by atoms with E-state index in [1.165, 1.54) is 28.8 Å². The van der Waals surface area contributed by atoms with Crippen molar-refractivity contribution in [2.24, 2.45) is 4.99 Å². The van der Waals surface area contributed by atoms with Crippen LogP contribution in [0.2, 0.25) is 0 Å². The van der Waals surface area contributed by atoms with Gasteiger partial charge in [-0.05, 0) is 76.6 Å². The van der Waals surface area contributed by atoms with Crippen LogP contribution in [0.5, 0.6) is 5.75 Å². The van der Waals surface area contributed by atoms with Crippen LogP contribution in [0.3, 0.4) is 0 Å². The van der Waals surface area contributed by atoms with Crippen molar-refractivity contribution in [2.45, 2.75) is 6.92 Å². The third-order valence-corrected chi connectivity index (χ3v) is 5.91. The number of amides is 1. The topological polar surface area (TPSA) is 106 Å². The van der Waals surface area contributed by atoms with E-state index < -0.39 is 11.9 Å². The Kier molecular flexibility index (Phi) is 7.70. The largest absolute Gasteiger partial charge is 0.481 e. The van der Waals surface area contributed by atoms with Crippen molar-refractivity contribution in [2.75, 3.05) is 20.3 Å². The van der Waals surface area contributed by atoms with Crippen LogP contribution in [0.1, 0.15) is 22.8 Å². The van der Waals surface area contributed by atoms with Crippen LogP contribution in [0.15, 0.2) is 56.8 Å². The molecule has 166 valence electrons. The molecule has 0 atom stereocenters. The van der Waals surface area contributed by atoms with E-state index in [1.807, 2.05) is 0 Å². The molecule has 0 saturated carbocycles. The minimum absolute atomic E-state index is 0.120. The average Bonchev–Trinajstić information content (AvgIpc) is 3.01. The molecule has 2 aromatic carbocycles. The van der Waals surface area contributed by atoms with Gasteiger partial charge in [0, 0.05) is 7.05 Å². The zero-order valence-electron chi connectivity index (χ0n) is 17.2. The number of hydrogen-bond acceptors (Lipinski definition) is 7. The Balaban J connectivity index is 1.77. The lowest BCUT2D eigenvalue weighted by Gasteiger charge is -2.08. The fraction of sp³-hybridized carbons (Fsp3) is 0.182. The van der Waals surface area contributed by atoms with Crippen molar-refractivity contribution < 1.29 is 29.0 Å². The number of carbonyl (C=O) groups is 3. The Labute approximate surface area is 197 Å². The lowest BCUT2D eigenvalue weighted by atomic mass is 10.2. The van der Waals surface area contributed by atoms with Gasteiger partial charge < -0.3 is 14.6 Å². The van der Waals surface area contributed by atoms with E-state index in [0.717, 1.165) is 5.56 Å². The van der Waals surface area contributed by atoms with Gasteiger partial charge in [0.25, 0.3) is 5.91 Å². The molecule has 0 radical (unpaired) electrons. The highest BCUT2D eigenvalue weighted by atomic mass is 79.9. The first kappa shape index (κ1) is 23.6. The van der Waals surface area contributed by atoms with Gasteiger partial charge in [0.05, 0.1) is 27.2 Å². The second-order valence-corrected chi connectivity index (χ2v) is 8.37. The van der Waals surface area contributed by atoms with Crippen molar-refractivity contribution in [3.63, 3.8) is 0 Å². The number of carboxylic acids is 1. The lowest BCUT2D eigenvalue weighted by Crippen LogP contribution is -2.23. The van der Waals surface area contributed by atoms with Crippen LogP contribution in [-0.2, 0) is 14.3 Å². The summed E-state index contributed by atoms with van der Waals surface area (Å²) in [6, 6.07) is 11.4. The second kappa shape index (κ2) is 10.5. The summed E-state index contributed by atoms with van der Waals surface area (Å²) in [5.74, 6) is -1.25. The minimum Gasteiger partial charge on any atom is -0.481 e. The Bertz CT molecular complexity index is 1130. The summed E-state index contributed by atoms with van der Waals surface area (Å²) in [5.41, 5.74) is 1.31. The Morgan fingerprint density at radius 1 is 1.25 bits per heavy atom. The summed E-state index contributed by atoms with van der Waals surface area (Å²) in [5, 5.41) is 9.58. The van der Waals surface area contributed by atoms with Crippen LogP contribution in [0.25, 0.3) is 6.08 Å². The summed E-state index contributed by atoms with van der Waals surface area (Å²) in [6.07, 6.45) is 1.72. The van der Waals surface area contributed by atoms with Gasteiger partial charge in [-0.25, -0.2) is 14.6 Å². The van der Waals surface area contributed by atoms with Gasteiger partial charge in [-0.1, -0.05) is 12.1 Å². The number of aliphatic imine (C=N–C) groups is 1. The molecule has 1 aliphatic rings. The van der Waals surface area contributed by atoms with Crippen molar-refractivity contribution in [3.05, 3.63) is 63.0 Å². The molecule has 0 aliphatic carbocycles. The first-order valence-electron chi connectivity index (χ1n) is 9.46. The molecule has 1 aliphatic heterocycles. The zero-order chi connectivity index (χ0) is 23.3. The highest BCUT2D eigenvalue weighted by Gasteiger charge is 2.30. The highest BCUT2D eigenvalue weighted by Crippen LogP contribution is 2.34. The number of halogens is 1. The van der Waals surface area contributed by atoms with Crippen LogP contribution in [0, 0.1) is 0 Å². The van der Waals surface area contributed by atoms with Gasteiger partial charge in [-0.3, -0.25) is 9.69 Å². The number of thioether (sulfide) groups is 1. The predicted molar refractivity (Wildman–Crippen MR) is 125 cm³/mol. The van der Waals surface area contributed by atoms with E-state index in [4.69, 9.17) is 14.6 Å². The molecular weight excluding hydrogens is 500 g/mol. The van der Waals surface area contributed by atoms with Gasteiger partial charge in [0.2, 0.25) is 0 Å². The third kappa shape index (κ3) is 5.77. The van der Waals surface area contributed by atoms with Gasteiger partial charge in [0.15, 0.2) is 11.8 Å². The summed E-state index contributed by atoms with van der Waals surface area (Å²) >= 11 is 4.60. The number of nitrogens with zero attached hydrogens (tertiary/aromatic N) is 2. The van der Waals surface area contributed by atoms with Crippen LogP contribution < -0.4 is 4.74 Å². The molecule has 0 unspecified atom stereocenters. The van der Waals surface area contributed by atoms with E-state index in [0.29, 0.717) is 26.0 Å². The average molecular weight is 519 g/mol. The van der Waals surface area contributed by atoms with E-state index in [9.17, 15) is 14.4 Å². The van der Waals surface area contributed by atoms with Crippen LogP contribution in [-0.4, -0.2) is 53.3 Å². The molecule has 1 amide bonds. The maximum atomic E-state index is 12.7. The van der Waals surface area contributed by atoms with E-state index >= 15 is 0 Å². The molecule has 8 nitrogen and oxygen atoms in total. The predicted octanol–water partition coefficient (Wildman–Crippen LogP) is 4.32. The zero-order valence-corrected chi connectivity index (χ0v) is 19.6. The molecule has 0 aromatic heterocycles. The number of carboxylic acid groups (broad SMARTS) is 1. The third-order valence-electron chi connectivity index (χ3n) is 4.23. The van der Waals surface area contributed by atoms with Crippen molar-refractivity contribution >= 4 is 62.5 Å². The smallest absolute Gasteiger partial charge is 0.344 e. The summed E-state index contributed by atoms with van der Waals surface area (Å²) in [4.78, 5) is 41.6. The van der Waals surface area contributed by atoms with Gasteiger partial charge >= 0.3 is 11.9 Å². The Hall–Kier alpha value is -3.11. The maximum Gasteiger partial charge on any atom is 0.344 e. The molecule has 2 aromatic rings. The molecular formula is C22H19BrN2O6S. The van der Waals surface area contributed by atoms with Crippen LogP contribution in [0.4, 0.5) is 5.69 Å². The number of carbonyl (C=O) groups excluding carboxylic acids is 2. The molecule has 10 heteroatoms. The molecule has 3 rings (SSSR count). The standard InChI is InChI=1S/C22H19BrN2O6S/c1-3-30-19(26)12-31-17-8-7-13(9-16(17)23)10-18-20(27)25(2)22(32-18)24-15-6-4-5-14(11-15)21(28)29/h4-11H,3,12H2,1-2H3,(H,28,29)/b18-10+,24-22?. The molecule has 1 N–H and O–H groups in total.